The lowest BCUT2D eigenvalue weighted by molar-refractivity contribution is -0.183. The van der Waals surface area contributed by atoms with Gasteiger partial charge in [-0.15, -0.1) is 0 Å². The highest BCUT2D eigenvalue weighted by atomic mass is 16.7. The van der Waals surface area contributed by atoms with Gasteiger partial charge in [0.25, 0.3) is 0 Å². The van der Waals surface area contributed by atoms with Crippen LogP contribution in [0, 0.1) is 11.8 Å². The van der Waals surface area contributed by atoms with Gasteiger partial charge in [-0.25, -0.2) is 0 Å². The Bertz CT molecular complexity index is 4910. The third-order valence-corrected chi connectivity index (χ3v) is 22.2. The van der Waals surface area contributed by atoms with Crippen molar-refractivity contribution in [2.24, 2.45) is 11.8 Å². The number of ether oxygens (including phenoxy) is 13. The second-order valence-corrected chi connectivity index (χ2v) is 27.2. The molecule has 4 aliphatic heterocycles. The molecule has 0 saturated heterocycles. The first-order chi connectivity index (χ1) is 52.1. The maximum Gasteiger partial charge on any atom is 0.312 e. The average Bonchev–Trinajstić information content (AvgIpc) is 1.50. The topological polar surface area (TPSA) is 322 Å². The van der Waals surface area contributed by atoms with Crippen LogP contribution in [0.1, 0.15) is 92.3 Å². The molecule has 0 aromatic heterocycles. The zero-order valence-electron chi connectivity index (χ0n) is 60.5. The van der Waals surface area contributed by atoms with Crippen molar-refractivity contribution in [2.45, 2.75) is 90.1 Å². The predicted molar refractivity (Wildman–Crippen MR) is 386 cm³/mol. The Morgan fingerprint density at radius 3 is 1.42 bits per heavy atom. The summed E-state index contributed by atoms with van der Waals surface area (Å²) in [4.78, 5) is 53.1. The van der Waals surface area contributed by atoms with Crippen LogP contribution in [-0.2, 0) is 75.5 Å². The molecule has 0 unspecified atom stereocenters. The number of benzene rings is 9. The highest BCUT2D eigenvalue weighted by Crippen LogP contribution is 2.73. The molecule has 4 heterocycles. The van der Waals surface area contributed by atoms with Crippen molar-refractivity contribution in [3.8, 4) is 63.2 Å². The largest absolute Gasteiger partial charge is 0.497 e. The third kappa shape index (κ3) is 10.8. The summed E-state index contributed by atoms with van der Waals surface area (Å²) < 4.78 is 75.2. The van der Waals surface area contributed by atoms with E-state index in [-0.39, 0.29) is 66.3 Å². The number of hydrogen-bond donors (Lipinski definition) is 7. The maximum atomic E-state index is 13.7. The number of aliphatic hydroxyl groups is 6. The molecule has 16 rings (SSSR count). The number of hydrogen-bond acceptors (Lipinski definition) is 23. The molecule has 24 heteroatoms. The van der Waals surface area contributed by atoms with Gasteiger partial charge in [-0.1, -0.05) is 121 Å². The Hall–Kier alpha value is -11.4. The highest BCUT2D eigenvalue weighted by Gasteiger charge is 2.81. The molecule has 7 N–H and O–H groups in total. The van der Waals surface area contributed by atoms with Crippen LogP contribution < -0.4 is 57.4 Å². The number of esters is 2. The van der Waals surface area contributed by atoms with Crippen LogP contribution in [0.15, 0.2) is 194 Å². The summed E-state index contributed by atoms with van der Waals surface area (Å²) in [5.74, 6) is -2.00. The van der Waals surface area contributed by atoms with Crippen LogP contribution in [0.25, 0.3) is 0 Å². The monoisotopic (exact) mass is 1470 g/mol. The van der Waals surface area contributed by atoms with Crippen LogP contribution >= 0.6 is 0 Å². The van der Waals surface area contributed by atoms with Crippen LogP contribution in [0.4, 0.5) is 0 Å². The second-order valence-electron chi connectivity index (χ2n) is 27.2. The zero-order chi connectivity index (χ0) is 76.4. The van der Waals surface area contributed by atoms with Crippen molar-refractivity contribution in [2.75, 3.05) is 63.6 Å². The Morgan fingerprint density at radius 2 is 0.935 bits per heavy atom. The lowest BCUT2D eigenvalue weighted by Gasteiger charge is -2.41. The van der Waals surface area contributed by atoms with Crippen LogP contribution in [0.5, 0.6) is 63.2 Å². The van der Waals surface area contributed by atoms with Gasteiger partial charge in [0.15, 0.2) is 57.0 Å². The first-order valence-corrected chi connectivity index (χ1v) is 34.8. The van der Waals surface area contributed by atoms with Gasteiger partial charge in [0.1, 0.15) is 57.8 Å². The fourth-order valence-electron chi connectivity index (χ4n) is 17.8. The third-order valence-electron chi connectivity index (χ3n) is 22.2. The number of Topliss-reactive ketones (excluding diaryl/α,β-unsaturated/α-hetero) is 1. The first-order valence-electron chi connectivity index (χ1n) is 34.8. The Balaban J connectivity index is 0.000000136. The summed E-state index contributed by atoms with van der Waals surface area (Å²) >= 11 is 0. The molecular weight excluding hydrogens is 1390 g/mol. The number of rotatable bonds is 17. The molecule has 9 aromatic rings. The molecular formula is C84H81NO23. The molecule has 0 spiro atoms. The van der Waals surface area contributed by atoms with E-state index in [0.717, 1.165) is 5.56 Å². The van der Waals surface area contributed by atoms with Gasteiger partial charge in [0.2, 0.25) is 12.7 Å². The summed E-state index contributed by atoms with van der Waals surface area (Å²) in [6, 6.07) is 57.1. The quantitative estimate of drug-likeness (QED) is 0.0418. The number of ketones is 1. The Kier molecular flexibility index (Phi) is 19.3. The molecule has 7 aliphatic rings. The molecule has 1 amide bonds. The van der Waals surface area contributed by atoms with Crippen molar-refractivity contribution in [3.63, 3.8) is 0 Å². The van der Waals surface area contributed by atoms with Crippen molar-refractivity contribution in [1.82, 2.24) is 5.32 Å². The summed E-state index contributed by atoms with van der Waals surface area (Å²) in [6.45, 7) is 0.773. The molecule has 13 atom stereocenters. The van der Waals surface area contributed by atoms with Crippen molar-refractivity contribution in [1.29, 1.82) is 0 Å². The summed E-state index contributed by atoms with van der Waals surface area (Å²) in [6.07, 6.45) is -2.88. The lowest BCUT2D eigenvalue weighted by Crippen LogP contribution is -2.53. The van der Waals surface area contributed by atoms with E-state index < -0.39 is 93.2 Å². The van der Waals surface area contributed by atoms with Gasteiger partial charge in [0.05, 0.1) is 91.5 Å². The lowest BCUT2D eigenvalue weighted by atomic mass is 9.70. The fraction of sp³-hybridized carbons (Fsp3) is 0.310. The smallest absolute Gasteiger partial charge is 0.312 e. The minimum absolute atomic E-state index is 0.101. The predicted octanol–water partition coefficient (Wildman–Crippen LogP) is 9.05. The number of methoxy groups -OCH3 is 7. The van der Waals surface area contributed by atoms with E-state index in [1.54, 1.807) is 111 Å². The van der Waals surface area contributed by atoms with Crippen molar-refractivity contribution < 1.29 is 111 Å². The van der Waals surface area contributed by atoms with E-state index in [1.807, 2.05) is 97.1 Å². The van der Waals surface area contributed by atoms with Crippen LogP contribution in [-0.4, -0.2) is 130 Å². The normalized spacial score (nSPS) is 27.1. The van der Waals surface area contributed by atoms with Crippen LogP contribution in [0.2, 0.25) is 0 Å². The maximum absolute atomic E-state index is 13.7. The first kappa shape index (κ1) is 73.5. The molecule has 0 bridgehead atoms. The molecule has 108 heavy (non-hydrogen) atoms. The summed E-state index contributed by atoms with van der Waals surface area (Å²) in [5.41, 5.74) is -5.22. The molecule has 0 radical (unpaired) electrons. The second kappa shape index (κ2) is 28.4. The number of fused-ring (bicyclic) bond motifs is 10. The van der Waals surface area contributed by atoms with Gasteiger partial charge in [-0.05, 0) is 99.6 Å². The van der Waals surface area contributed by atoms with E-state index in [4.69, 9.17) is 61.6 Å². The van der Waals surface area contributed by atoms with Gasteiger partial charge in [0, 0.05) is 55.8 Å². The van der Waals surface area contributed by atoms with Crippen molar-refractivity contribution >= 4 is 23.6 Å². The molecule has 560 valence electrons. The van der Waals surface area contributed by atoms with Crippen molar-refractivity contribution in [3.05, 3.63) is 255 Å². The molecule has 3 saturated carbocycles. The molecule has 24 nitrogen and oxygen atoms in total. The molecule has 3 fully saturated rings. The Morgan fingerprint density at radius 1 is 0.481 bits per heavy atom. The SMILES string of the molecule is CNC(=O)[C@H]1[C@@H](OC(C)=O)[C@@]2(O)c3c(OC)cc(CO)cc3O[C@@]2(c2ccc(OC)cc2)[C@@H]1c1ccccc1.COC(=O)[C@H]1[C@@H](O)[C@@]2(O)c3c(OC)cc(CO)cc3O[C@@]2(c2ccc(OC)cc2)[C@@H]1c1ccccc1.COc1cc(OC)c2c(c1)O[C@@]1(c3ccc4c(c3)OCO4)[C@H](c3ccccc3)CC(=O)[C@@]21O. The molecule has 3 aliphatic carbocycles. The standard InChI is InChI=1S/C30H31NO8.C28H28O8.C26H22O7/c1-17(33)38-27-24(28(34)31-2)25(19-8-6-5-7-9-19)30(20-10-12-21(36-3)13-11-20)29(27,35)26-22(37-4)14-18(16-32)15-23(26)39-30;1-33-19-11-9-18(10-12-19)28-23(17-7-5-4-6-8-17)22(26(31)35-3)25(30)27(28,32)24-20(34-2)13-16(15-29)14-21(24)36-28;1-29-17-11-21(30-2)24-22(12-17)33-26(16-8-9-19-20(10-16)32-14-31-19)18(13-23(27)25(24,26)28)15-6-4-3-5-7-15/h5-15,24-25,27,32,35H,16H2,1-4H3,(H,31,34);4-14,22-23,25,29-30,32H,15H2,1-3H3;3-12,18,28H,13-14H2,1-2H3/t24-,25-,27-,29+,30+;22-,23-,25-,27+,28+;18-,25+,26-/m110/s1. The van der Waals surface area contributed by atoms with E-state index >= 15 is 0 Å². The Labute approximate surface area is 621 Å². The van der Waals surface area contributed by atoms with E-state index in [9.17, 15) is 49.8 Å². The van der Waals surface area contributed by atoms with Gasteiger partial charge < -0.3 is 97.5 Å². The average molecular weight is 1470 g/mol. The van der Waals surface area contributed by atoms with Gasteiger partial charge in [-0.2, -0.15) is 0 Å². The van der Waals surface area contributed by atoms with E-state index in [1.165, 1.54) is 49.5 Å². The van der Waals surface area contributed by atoms with E-state index in [0.29, 0.717) is 84.8 Å². The minimum Gasteiger partial charge on any atom is -0.497 e. The summed E-state index contributed by atoms with van der Waals surface area (Å²) in [5, 5.41) is 72.3. The highest BCUT2D eigenvalue weighted by molar-refractivity contribution is 5.97. The number of aliphatic hydroxyl groups excluding tert-OH is 3. The fourth-order valence-corrected chi connectivity index (χ4v) is 17.8. The molecule has 9 aromatic carbocycles. The number of nitrogens with one attached hydrogen (secondary N) is 1. The minimum atomic E-state index is -2.12. The van der Waals surface area contributed by atoms with Gasteiger partial charge in [-0.3, -0.25) is 19.2 Å². The number of amides is 1. The van der Waals surface area contributed by atoms with Gasteiger partial charge >= 0.3 is 11.9 Å². The zero-order valence-corrected chi connectivity index (χ0v) is 60.5. The van der Waals surface area contributed by atoms with E-state index in [2.05, 4.69) is 5.32 Å². The number of carbonyl (C=O) groups excluding carboxylic acids is 4. The summed E-state index contributed by atoms with van der Waals surface area (Å²) in [7, 11) is 11.7. The number of carbonyl (C=O) groups is 4. The van der Waals surface area contributed by atoms with Crippen LogP contribution in [0.3, 0.4) is 0 Å².